The van der Waals surface area contributed by atoms with Gasteiger partial charge in [0.15, 0.2) is 0 Å². The van der Waals surface area contributed by atoms with Crippen LogP contribution in [0.2, 0.25) is 15.1 Å². The highest BCUT2D eigenvalue weighted by Crippen LogP contribution is 2.38. The molecular formula is C21H12Cl3NO2S2. The number of nitrogens with zero attached hydrogens (tertiary/aromatic N) is 1. The predicted molar refractivity (Wildman–Crippen MR) is 125 cm³/mol. The quantitative estimate of drug-likeness (QED) is 0.280. The molecule has 0 unspecified atom stereocenters. The van der Waals surface area contributed by atoms with Crippen LogP contribution in [0.1, 0.15) is 11.3 Å². The minimum atomic E-state index is -0.128. The van der Waals surface area contributed by atoms with Gasteiger partial charge in [0, 0.05) is 5.02 Å². The van der Waals surface area contributed by atoms with Crippen molar-refractivity contribution in [2.75, 3.05) is 0 Å². The Labute approximate surface area is 192 Å². The van der Waals surface area contributed by atoms with Gasteiger partial charge >= 0.3 is 0 Å². The molecule has 146 valence electrons. The van der Waals surface area contributed by atoms with Crippen LogP contribution in [0.3, 0.4) is 0 Å². The zero-order chi connectivity index (χ0) is 20.5. The monoisotopic (exact) mass is 479 g/mol. The largest absolute Gasteiger partial charge is 0.457 e. The lowest BCUT2D eigenvalue weighted by molar-refractivity contribution is 0.244. The highest BCUT2D eigenvalue weighted by atomic mass is 35.5. The standard InChI is InChI=1S/C21H12Cl3NO2S2/c22-13-6-4-12(5-7-13)11-25-20(28)18(29-21(25)26)10-14-8-9-17(27-14)19-15(23)2-1-3-16(19)24/h1-10H,11H2/b18-10-. The van der Waals surface area contributed by atoms with Crippen molar-refractivity contribution in [3.8, 4) is 11.3 Å². The van der Waals surface area contributed by atoms with Gasteiger partial charge < -0.3 is 4.42 Å². The van der Waals surface area contributed by atoms with Crippen LogP contribution < -0.4 is 0 Å². The molecule has 1 aliphatic rings. The van der Waals surface area contributed by atoms with E-state index < -0.39 is 0 Å². The molecule has 8 heteroatoms. The number of carbonyl (C=O) groups is 1. The van der Waals surface area contributed by atoms with Gasteiger partial charge in [0.1, 0.15) is 16.5 Å². The fourth-order valence-corrected chi connectivity index (χ4v) is 4.76. The smallest absolute Gasteiger partial charge is 0.291 e. The summed E-state index contributed by atoms with van der Waals surface area (Å²) in [6.45, 7) is 0.387. The Hall–Kier alpha value is -1.76. The van der Waals surface area contributed by atoms with E-state index in [2.05, 4.69) is 0 Å². The molecule has 3 nitrogen and oxygen atoms in total. The summed E-state index contributed by atoms with van der Waals surface area (Å²) >= 11 is 25.0. The summed E-state index contributed by atoms with van der Waals surface area (Å²) in [5.74, 6) is 1.10. The summed E-state index contributed by atoms with van der Waals surface area (Å²) in [6.07, 6.45) is 1.75. The summed E-state index contributed by atoms with van der Waals surface area (Å²) in [5.41, 5.74) is 1.57. The van der Waals surface area contributed by atoms with Crippen LogP contribution in [0.5, 0.6) is 0 Å². The van der Waals surface area contributed by atoms with Gasteiger partial charge in [-0.2, -0.15) is 0 Å². The Balaban J connectivity index is 1.56. The SMILES string of the molecule is O=C1S/C(=C\c2ccc(-c3c(Cl)cccc3Cl)o2)C(=S)N1Cc1ccc(Cl)cc1. The van der Waals surface area contributed by atoms with Gasteiger partial charge in [0.2, 0.25) is 0 Å². The molecule has 0 N–H and O–H groups in total. The lowest BCUT2D eigenvalue weighted by Crippen LogP contribution is -2.26. The van der Waals surface area contributed by atoms with Crippen molar-refractivity contribution in [2.24, 2.45) is 0 Å². The third-order valence-corrected chi connectivity index (χ3v) is 6.61. The first-order chi connectivity index (χ1) is 13.9. The molecular weight excluding hydrogens is 469 g/mol. The van der Waals surface area contributed by atoms with E-state index >= 15 is 0 Å². The minimum absolute atomic E-state index is 0.128. The highest BCUT2D eigenvalue weighted by Gasteiger charge is 2.32. The summed E-state index contributed by atoms with van der Waals surface area (Å²) in [5, 5.41) is 1.52. The van der Waals surface area contributed by atoms with E-state index in [-0.39, 0.29) is 5.24 Å². The third-order valence-electron chi connectivity index (χ3n) is 4.24. The zero-order valence-electron chi connectivity index (χ0n) is 14.7. The molecule has 1 aromatic heterocycles. The van der Waals surface area contributed by atoms with Crippen LogP contribution in [0.25, 0.3) is 17.4 Å². The molecule has 1 fully saturated rings. The Morgan fingerprint density at radius 2 is 1.69 bits per heavy atom. The lowest BCUT2D eigenvalue weighted by atomic mass is 10.2. The first kappa shape index (κ1) is 20.5. The molecule has 0 saturated carbocycles. The average molecular weight is 481 g/mol. The number of hydrogen-bond acceptors (Lipinski definition) is 4. The number of carbonyl (C=O) groups excluding carboxylic acids is 1. The van der Waals surface area contributed by atoms with Crippen molar-refractivity contribution >= 4 is 75.1 Å². The summed E-state index contributed by atoms with van der Waals surface area (Å²) in [7, 11) is 0. The molecule has 1 amide bonds. The van der Waals surface area contributed by atoms with Gasteiger partial charge in [-0.1, -0.05) is 65.2 Å². The molecule has 1 saturated heterocycles. The summed E-state index contributed by atoms with van der Waals surface area (Å²) in [4.78, 5) is 15.1. The van der Waals surface area contributed by atoms with E-state index in [4.69, 9.17) is 51.4 Å². The highest BCUT2D eigenvalue weighted by molar-refractivity contribution is 8.19. The van der Waals surface area contributed by atoms with E-state index in [0.29, 0.717) is 48.6 Å². The van der Waals surface area contributed by atoms with Gasteiger partial charge in [0.05, 0.1) is 27.1 Å². The third kappa shape index (κ3) is 4.39. The molecule has 0 spiro atoms. The van der Waals surface area contributed by atoms with Crippen LogP contribution in [0.4, 0.5) is 4.79 Å². The molecule has 2 aromatic carbocycles. The Bertz CT molecular complexity index is 1120. The predicted octanol–water partition coefficient (Wildman–Crippen LogP) is 7.94. The second-order valence-corrected chi connectivity index (χ2v) is 8.82. The Kier molecular flexibility index (Phi) is 6.04. The van der Waals surface area contributed by atoms with Crippen molar-refractivity contribution in [1.82, 2.24) is 4.90 Å². The van der Waals surface area contributed by atoms with Crippen molar-refractivity contribution in [1.29, 1.82) is 0 Å². The fraction of sp³-hybridized carbons (Fsp3) is 0.0476. The molecule has 2 heterocycles. The van der Waals surface area contributed by atoms with Crippen molar-refractivity contribution in [2.45, 2.75) is 6.54 Å². The van der Waals surface area contributed by atoms with Gasteiger partial charge in [-0.25, -0.2) is 0 Å². The van der Waals surface area contributed by atoms with Crippen LogP contribution in [-0.2, 0) is 6.54 Å². The van der Waals surface area contributed by atoms with E-state index in [1.54, 1.807) is 53.4 Å². The number of hydrogen-bond donors (Lipinski definition) is 0. The lowest BCUT2D eigenvalue weighted by Gasteiger charge is -2.14. The molecule has 0 radical (unpaired) electrons. The Morgan fingerprint density at radius 3 is 2.38 bits per heavy atom. The molecule has 0 bridgehead atoms. The second-order valence-electron chi connectivity index (χ2n) is 6.19. The Morgan fingerprint density at radius 1 is 1.00 bits per heavy atom. The molecule has 4 rings (SSSR count). The molecule has 0 atom stereocenters. The van der Waals surface area contributed by atoms with Crippen LogP contribution in [0, 0.1) is 0 Å². The zero-order valence-corrected chi connectivity index (χ0v) is 18.6. The average Bonchev–Trinajstić information content (AvgIpc) is 3.24. The van der Waals surface area contributed by atoms with Gasteiger partial charge in [-0.3, -0.25) is 9.69 Å². The second kappa shape index (κ2) is 8.54. The topological polar surface area (TPSA) is 33.5 Å². The van der Waals surface area contributed by atoms with Crippen LogP contribution in [0.15, 0.2) is 63.9 Å². The summed E-state index contributed by atoms with van der Waals surface area (Å²) < 4.78 is 5.88. The van der Waals surface area contributed by atoms with E-state index in [1.165, 1.54) is 0 Å². The number of halogens is 3. The van der Waals surface area contributed by atoms with Crippen molar-refractivity contribution in [3.63, 3.8) is 0 Å². The molecule has 3 aromatic rings. The normalized spacial score (nSPS) is 15.6. The van der Waals surface area contributed by atoms with Gasteiger partial charge in [-0.15, -0.1) is 0 Å². The van der Waals surface area contributed by atoms with E-state index in [9.17, 15) is 4.79 Å². The van der Waals surface area contributed by atoms with Gasteiger partial charge in [-0.05, 0) is 59.8 Å². The van der Waals surface area contributed by atoms with Crippen LogP contribution >= 0.6 is 58.8 Å². The maximum absolute atomic E-state index is 12.4. The number of thioether (sulfide) groups is 1. The maximum Gasteiger partial charge on any atom is 0.291 e. The molecule has 1 aliphatic heterocycles. The van der Waals surface area contributed by atoms with Crippen molar-refractivity contribution in [3.05, 3.63) is 85.9 Å². The number of thiocarbonyl (C=S) groups is 1. The molecule has 29 heavy (non-hydrogen) atoms. The maximum atomic E-state index is 12.4. The van der Waals surface area contributed by atoms with E-state index in [1.807, 2.05) is 12.1 Å². The first-order valence-corrected chi connectivity index (χ1v) is 10.8. The fourth-order valence-electron chi connectivity index (χ4n) is 2.84. The van der Waals surface area contributed by atoms with Gasteiger partial charge in [0.25, 0.3) is 5.24 Å². The van der Waals surface area contributed by atoms with E-state index in [0.717, 1.165) is 17.3 Å². The minimum Gasteiger partial charge on any atom is -0.457 e. The first-order valence-electron chi connectivity index (χ1n) is 8.46. The number of rotatable bonds is 4. The summed E-state index contributed by atoms with van der Waals surface area (Å²) in [6, 6.07) is 16.2. The number of furan rings is 1. The van der Waals surface area contributed by atoms with Crippen LogP contribution in [-0.4, -0.2) is 15.1 Å². The van der Waals surface area contributed by atoms with Crippen molar-refractivity contribution < 1.29 is 9.21 Å². The number of benzene rings is 2. The number of amides is 1. The molecule has 0 aliphatic carbocycles.